The molecule has 0 radical (unpaired) electrons. The fraction of sp³-hybridized carbons (Fsp3) is 0.429. The van der Waals surface area contributed by atoms with Crippen LogP contribution in [0, 0.1) is 6.92 Å². The van der Waals surface area contributed by atoms with Crippen LogP contribution < -0.4 is 5.32 Å². The molecule has 1 nitrogen and oxygen atoms in total. The van der Waals surface area contributed by atoms with Crippen LogP contribution in [-0.4, -0.2) is 13.1 Å². The lowest BCUT2D eigenvalue weighted by Gasteiger charge is -2.15. The molecule has 1 aromatic rings. The molecule has 0 heterocycles. The van der Waals surface area contributed by atoms with Crippen molar-refractivity contribution in [2.75, 3.05) is 7.05 Å². The zero-order valence-corrected chi connectivity index (χ0v) is 10.0. The smallest absolute Gasteiger partial charge is 0.0274 e. The van der Waals surface area contributed by atoms with Gasteiger partial charge in [-0.2, -0.15) is 0 Å². The third-order valence-corrected chi connectivity index (χ3v) is 2.75. The van der Waals surface area contributed by atoms with Crippen molar-refractivity contribution in [2.24, 2.45) is 0 Å². The molecule has 1 rings (SSSR count). The highest BCUT2D eigenvalue weighted by Crippen LogP contribution is 2.10. The summed E-state index contributed by atoms with van der Waals surface area (Å²) in [5.41, 5.74) is 3.96. The molecular formula is C14H21N. The third-order valence-electron chi connectivity index (χ3n) is 2.75. The van der Waals surface area contributed by atoms with E-state index in [-0.39, 0.29) is 0 Å². The minimum Gasteiger partial charge on any atom is -0.313 e. The van der Waals surface area contributed by atoms with E-state index < -0.39 is 0 Å². The molecule has 15 heavy (non-hydrogen) atoms. The van der Waals surface area contributed by atoms with E-state index in [0.717, 1.165) is 12.8 Å². The molecule has 0 amide bonds. The molecule has 0 aliphatic carbocycles. The number of rotatable bonds is 5. The molecule has 0 bridgehead atoms. The van der Waals surface area contributed by atoms with Gasteiger partial charge in [0, 0.05) is 6.04 Å². The van der Waals surface area contributed by atoms with Gasteiger partial charge in [-0.05, 0) is 39.3 Å². The maximum absolute atomic E-state index is 3.99. The Balaban J connectivity index is 2.52. The van der Waals surface area contributed by atoms with E-state index in [1.807, 2.05) is 7.05 Å². The number of benzene rings is 1. The summed E-state index contributed by atoms with van der Waals surface area (Å²) >= 11 is 0. The average molecular weight is 203 g/mol. The van der Waals surface area contributed by atoms with Crippen molar-refractivity contribution < 1.29 is 0 Å². The summed E-state index contributed by atoms with van der Waals surface area (Å²) < 4.78 is 0. The Bertz CT molecular complexity index is 328. The molecule has 0 aliphatic heterocycles. The Kier molecular flexibility index (Phi) is 4.57. The summed E-state index contributed by atoms with van der Waals surface area (Å²) in [6, 6.07) is 9.14. The largest absolute Gasteiger partial charge is 0.313 e. The highest BCUT2D eigenvalue weighted by Gasteiger charge is 2.06. The van der Waals surface area contributed by atoms with Gasteiger partial charge in [0.25, 0.3) is 0 Å². The zero-order chi connectivity index (χ0) is 11.3. The first-order valence-corrected chi connectivity index (χ1v) is 5.51. The molecule has 0 spiro atoms. The monoisotopic (exact) mass is 203 g/mol. The number of likely N-dealkylation sites (N-methyl/N-ethyl adjacent to an activating group) is 1. The standard InChI is InChI=1S/C14H21N/c1-11(2)14(15-4)9-8-13-7-5-6-12(3)10-13/h5-7,10,14-15H,1,8-9H2,2-4H3. The van der Waals surface area contributed by atoms with Gasteiger partial charge in [-0.15, -0.1) is 0 Å². The van der Waals surface area contributed by atoms with Crippen LogP contribution in [0.1, 0.15) is 24.5 Å². The highest BCUT2D eigenvalue weighted by molar-refractivity contribution is 5.22. The molecule has 0 aromatic heterocycles. The van der Waals surface area contributed by atoms with Crippen molar-refractivity contribution in [2.45, 2.75) is 32.7 Å². The van der Waals surface area contributed by atoms with Gasteiger partial charge < -0.3 is 5.32 Å². The van der Waals surface area contributed by atoms with Gasteiger partial charge in [-0.25, -0.2) is 0 Å². The SMILES string of the molecule is C=C(C)C(CCc1cccc(C)c1)NC. The van der Waals surface area contributed by atoms with E-state index >= 15 is 0 Å². The van der Waals surface area contributed by atoms with Crippen LogP contribution in [-0.2, 0) is 6.42 Å². The second kappa shape index (κ2) is 5.72. The minimum atomic E-state index is 0.436. The highest BCUT2D eigenvalue weighted by atomic mass is 14.9. The first kappa shape index (κ1) is 12.0. The van der Waals surface area contributed by atoms with E-state index in [1.54, 1.807) is 0 Å². The zero-order valence-electron chi connectivity index (χ0n) is 10.0. The van der Waals surface area contributed by atoms with Crippen molar-refractivity contribution in [3.05, 3.63) is 47.5 Å². The van der Waals surface area contributed by atoms with Gasteiger partial charge in [-0.3, -0.25) is 0 Å². The summed E-state index contributed by atoms with van der Waals surface area (Å²) in [4.78, 5) is 0. The van der Waals surface area contributed by atoms with Crippen LogP contribution in [0.15, 0.2) is 36.4 Å². The fourth-order valence-electron chi connectivity index (χ4n) is 1.82. The van der Waals surface area contributed by atoms with Crippen molar-refractivity contribution in [1.29, 1.82) is 0 Å². The summed E-state index contributed by atoms with van der Waals surface area (Å²) in [7, 11) is 2.00. The molecule has 0 saturated heterocycles. The Labute approximate surface area is 93.2 Å². The van der Waals surface area contributed by atoms with Crippen molar-refractivity contribution in [1.82, 2.24) is 5.32 Å². The molecule has 1 unspecified atom stereocenters. The Morgan fingerprint density at radius 3 is 2.73 bits per heavy atom. The van der Waals surface area contributed by atoms with Gasteiger partial charge in [0.15, 0.2) is 0 Å². The fourth-order valence-corrected chi connectivity index (χ4v) is 1.82. The molecule has 0 saturated carbocycles. The van der Waals surface area contributed by atoms with E-state index in [4.69, 9.17) is 0 Å². The summed E-state index contributed by atoms with van der Waals surface area (Å²) in [6.07, 6.45) is 2.23. The lowest BCUT2D eigenvalue weighted by atomic mass is 10.0. The van der Waals surface area contributed by atoms with Gasteiger partial charge in [0.05, 0.1) is 0 Å². The first-order valence-electron chi connectivity index (χ1n) is 5.51. The molecular weight excluding hydrogens is 182 g/mol. The summed E-state index contributed by atoms with van der Waals surface area (Å²) in [6.45, 7) is 8.21. The molecule has 1 atom stereocenters. The topological polar surface area (TPSA) is 12.0 Å². The number of aryl methyl sites for hydroxylation is 2. The van der Waals surface area contributed by atoms with E-state index in [1.165, 1.54) is 16.7 Å². The van der Waals surface area contributed by atoms with Crippen LogP contribution in [0.5, 0.6) is 0 Å². The van der Waals surface area contributed by atoms with Crippen LogP contribution in [0.4, 0.5) is 0 Å². The van der Waals surface area contributed by atoms with E-state index in [2.05, 4.69) is 50.0 Å². The lowest BCUT2D eigenvalue weighted by Crippen LogP contribution is -2.26. The second-order valence-corrected chi connectivity index (χ2v) is 4.22. The lowest BCUT2D eigenvalue weighted by molar-refractivity contribution is 0.588. The third kappa shape index (κ3) is 3.88. The van der Waals surface area contributed by atoms with Crippen LogP contribution in [0.3, 0.4) is 0 Å². The first-order chi connectivity index (χ1) is 7.13. The number of hydrogen-bond donors (Lipinski definition) is 1. The van der Waals surface area contributed by atoms with Crippen molar-refractivity contribution in [3.63, 3.8) is 0 Å². The Hall–Kier alpha value is -1.08. The Morgan fingerprint density at radius 2 is 2.20 bits per heavy atom. The van der Waals surface area contributed by atoms with Crippen LogP contribution in [0.2, 0.25) is 0 Å². The average Bonchev–Trinajstić information content (AvgIpc) is 2.18. The molecule has 82 valence electrons. The number of hydrogen-bond acceptors (Lipinski definition) is 1. The minimum absolute atomic E-state index is 0.436. The second-order valence-electron chi connectivity index (χ2n) is 4.22. The normalized spacial score (nSPS) is 12.5. The summed E-state index contributed by atoms with van der Waals surface area (Å²) in [5, 5.41) is 3.29. The molecule has 1 aromatic carbocycles. The quantitative estimate of drug-likeness (QED) is 0.725. The predicted octanol–water partition coefficient (Wildman–Crippen LogP) is 3.09. The van der Waals surface area contributed by atoms with Crippen LogP contribution in [0.25, 0.3) is 0 Å². The van der Waals surface area contributed by atoms with Crippen molar-refractivity contribution >= 4 is 0 Å². The van der Waals surface area contributed by atoms with Gasteiger partial charge >= 0.3 is 0 Å². The molecule has 0 aliphatic rings. The maximum atomic E-state index is 3.99. The van der Waals surface area contributed by atoms with Gasteiger partial charge in [0.1, 0.15) is 0 Å². The van der Waals surface area contributed by atoms with Crippen LogP contribution >= 0.6 is 0 Å². The molecule has 1 heteroatoms. The molecule has 0 fully saturated rings. The molecule has 1 N–H and O–H groups in total. The Morgan fingerprint density at radius 1 is 1.47 bits per heavy atom. The van der Waals surface area contributed by atoms with Gasteiger partial charge in [0.2, 0.25) is 0 Å². The van der Waals surface area contributed by atoms with Gasteiger partial charge in [-0.1, -0.05) is 42.0 Å². The summed E-state index contributed by atoms with van der Waals surface area (Å²) in [5.74, 6) is 0. The van der Waals surface area contributed by atoms with E-state index in [0.29, 0.717) is 6.04 Å². The van der Waals surface area contributed by atoms with E-state index in [9.17, 15) is 0 Å². The predicted molar refractivity (Wildman–Crippen MR) is 67.2 cm³/mol. The van der Waals surface area contributed by atoms with Crippen molar-refractivity contribution in [3.8, 4) is 0 Å². The maximum Gasteiger partial charge on any atom is 0.0274 e. The number of nitrogens with one attached hydrogen (secondary N) is 1.